The molecule has 0 radical (unpaired) electrons. The Labute approximate surface area is 77.5 Å². The van der Waals surface area contributed by atoms with Gasteiger partial charge in [0.2, 0.25) is 0 Å². The first-order chi connectivity index (χ1) is 6.20. The molecule has 1 saturated heterocycles. The molecule has 1 amide bonds. The van der Waals surface area contributed by atoms with Crippen molar-refractivity contribution < 1.29 is 9.53 Å². The van der Waals surface area contributed by atoms with E-state index in [1.807, 2.05) is 13.8 Å². The summed E-state index contributed by atoms with van der Waals surface area (Å²) in [4.78, 5) is 11.7. The predicted molar refractivity (Wildman–Crippen MR) is 48.3 cm³/mol. The SMILES string of the molecule is CC1=NN(C2CCOC2)C(=O)C1C. The molecule has 2 heterocycles. The fourth-order valence-corrected chi connectivity index (χ4v) is 1.66. The van der Waals surface area contributed by atoms with Crippen molar-refractivity contribution in [3.63, 3.8) is 0 Å². The van der Waals surface area contributed by atoms with Gasteiger partial charge in [-0.1, -0.05) is 0 Å². The van der Waals surface area contributed by atoms with Gasteiger partial charge in [-0.3, -0.25) is 4.79 Å². The lowest BCUT2D eigenvalue weighted by atomic mass is 10.1. The Balaban J connectivity index is 2.12. The number of hydrogen-bond acceptors (Lipinski definition) is 3. The highest BCUT2D eigenvalue weighted by molar-refractivity contribution is 6.06. The van der Waals surface area contributed by atoms with Crippen molar-refractivity contribution >= 4 is 11.6 Å². The van der Waals surface area contributed by atoms with E-state index in [2.05, 4.69) is 5.10 Å². The topological polar surface area (TPSA) is 41.9 Å². The molecule has 0 aromatic rings. The van der Waals surface area contributed by atoms with Crippen LogP contribution in [-0.2, 0) is 9.53 Å². The van der Waals surface area contributed by atoms with Gasteiger partial charge in [-0.25, -0.2) is 5.01 Å². The molecule has 0 aromatic carbocycles. The van der Waals surface area contributed by atoms with Crippen LogP contribution in [0.4, 0.5) is 0 Å². The van der Waals surface area contributed by atoms with Crippen LogP contribution in [0.15, 0.2) is 5.10 Å². The van der Waals surface area contributed by atoms with Gasteiger partial charge in [0.25, 0.3) is 5.91 Å². The number of amides is 1. The minimum atomic E-state index is -0.0411. The van der Waals surface area contributed by atoms with E-state index in [4.69, 9.17) is 4.74 Å². The fourth-order valence-electron chi connectivity index (χ4n) is 1.66. The smallest absolute Gasteiger partial charge is 0.251 e. The zero-order chi connectivity index (χ0) is 9.42. The van der Waals surface area contributed by atoms with Gasteiger partial charge in [0, 0.05) is 12.3 Å². The van der Waals surface area contributed by atoms with Crippen LogP contribution in [0.5, 0.6) is 0 Å². The van der Waals surface area contributed by atoms with Crippen LogP contribution in [0.3, 0.4) is 0 Å². The van der Waals surface area contributed by atoms with Crippen molar-refractivity contribution in [3.05, 3.63) is 0 Å². The lowest BCUT2D eigenvalue weighted by Crippen LogP contribution is -2.35. The van der Waals surface area contributed by atoms with Gasteiger partial charge < -0.3 is 4.74 Å². The number of carbonyl (C=O) groups is 1. The summed E-state index contributed by atoms with van der Waals surface area (Å²) in [5.41, 5.74) is 0.914. The monoisotopic (exact) mass is 182 g/mol. The minimum Gasteiger partial charge on any atom is -0.379 e. The molecule has 0 aromatic heterocycles. The molecule has 0 bridgehead atoms. The minimum absolute atomic E-state index is 0.0411. The van der Waals surface area contributed by atoms with Gasteiger partial charge in [0.1, 0.15) is 0 Å². The quantitative estimate of drug-likeness (QED) is 0.597. The molecule has 0 saturated carbocycles. The largest absolute Gasteiger partial charge is 0.379 e. The summed E-state index contributed by atoms with van der Waals surface area (Å²) in [6.45, 7) is 5.18. The molecule has 2 unspecified atom stereocenters. The first-order valence-electron chi connectivity index (χ1n) is 4.66. The highest BCUT2D eigenvalue weighted by atomic mass is 16.5. The molecule has 4 heteroatoms. The van der Waals surface area contributed by atoms with Gasteiger partial charge in [-0.05, 0) is 20.3 Å². The second-order valence-corrected chi connectivity index (χ2v) is 3.66. The van der Waals surface area contributed by atoms with Gasteiger partial charge in [-0.15, -0.1) is 0 Å². The average molecular weight is 182 g/mol. The van der Waals surface area contributed by atoms with E-state index in [-0.39, 0.29) is 17.9 Å². The maximum Gasteiger partial charge on any atom is 0.251 e. The Hall–Kier alpha value is -0.900. The van der Waals surface area contributed by atoms with E-state index >= 15 is 0 Å². The van der Waals surface area contributed by atoms with Crippen LogP contribution >= 0.6 is 0 Å². The second kappa shape index (κ2) is 3.10. The summed E-state index contributed by atoms with van der Waals surface area (Å²) >= 11 is 0. The molecular weight excluding hydrogens is 168 g/mol. The lowest BCUT2D eigenvalue weighted by molar-refractivity contribution is -0.133. The molecule has 72 valence electrons. The summed E-state index contributed by atoms with van der Waals surface area (Å²) in [7, 11) is 0. The normalized spacial score (nSPS) is 34.2. The third kappa shape index (κ3) is 1.35. The van der Waals surface area contributed by atoms with Crippen LogP contribution in [0.2, 0.25) is 0 Å². The first-order valence-corrected chi connectivity index (χ1v) is 4.66. The van der Waals surface area contributed by atoms with E-state index in [0.717, 1.165) is 18.7 Å². The summed E-state index contributed by atoms with van der Waals surface area (Å²) in [5.74, 6) is 0.0774. The van der Waals surface area contributed by atoms with Crippen molar-refractivity contribution in [3.8, 4) is 0 Å². The van der Waals surface area contributed by atoms with Crippen molar-refractivity contribution in [1.29, 1.82) is 0 Å². The van der Waals surface area contributed by atoms with Gasteiger partial charge >= 0.3 is 0 Å². The van der Waals surface area contributed by atoms with Crippen molar-refractivity contribution in [2.75, 3.05) is 13.2 Å². The first kappa shape index (κ1) is 8.69. The summed E-state index contributed by atoms with van der Waals surface area (Å²) in [6, 6.07) is 0.174. The Morgan fingerprint density at radius 2 is 2.38 bits per heavy atom. The molecule has 2 rings (SSSR count). The van der Waals surface area contributed by atoms with E-state index in [1.165, 1.54) is 0 Å². The van der Waals surface area contributed by atoms with E-state index in [1.54, 1.807) is 5.01 Å². The summed E-state index contributed by atoms with van der Waals surface area (Å²) in [6.07, 6.45) is 0.912. The van der Waals surface area contributed by atoms with Gasteiger partial charge in [-0.2, -0.15) is 5.10 Å². The number of nitrogens with zero attached hydrogens (tertiary/aromatic N) is 2. The van der Waals surface area contributed by atoms with Crippen LogP contribution < -0.4 is 0 Å². The number of ether oxygens (including phenoxy) is 1. The number of hydrogen-bond donors (Lipinski definition) is 0. The van der Waals surface area contributed by atoms with Crippen LogP contribution in [-0.4, -0.2) is 35.9 Å². The summed E-state index contributed by atoms with van der Waals surface area (Å²) in [5, 5.41) is 5.86. The van der Waals surface area contributed by atoms with E-state index in [0.29, 0.717) is 6.61 Å². The Kier molecular flexibility index (Phi) is 2.07. The van der Waals surface area contributed by atoms with E-state index in [9.17, 15) is 4.79 Å². The molecule has 2 aliphatic rings. The predicted octanol–water partition coefficient (Wildman–Crippen LogP) is 0.629. The molecule has 0 aliphatic carbocycles. The second-order valence-electron chi connectivity index (χ2n) is 3.66. The third-order valence-electron chi connectivity index (χ3n) is 2.74. The fraction of sp³-hybridized carbons (Fsp3) is 0.778. The lowest BCUT2D eigenvalue weighted by Gasteiger charge is -2.18. The van der Waals surface area contributed by atoms with Crippen molar-refractivity contribution in [2.24, 2.45) is 11.0 Å². The Bertz CT molecular complexity index is 256. The number of rotatable bonds is 1. The molecular formula is C9H14N2O2. The maximum atomic E-state index is 11.7. The third-order valence-corrected chi connectivity index (χ3v) is 2.74. The van der Waals surface area contributed by atoms with Gasteiger partial charge in [0.15, 0.2) is 0 Å². The van der Waals surface area contributed by atoms with Crippen LogP contribution in [0, 0.1) is 5.92 Å². The molecule has 0 N–H and O–H groups in total. The van der Waals surface area contributed by atoms with Crippen molar-refractivity contribution in [1.82, 2.24) is 5.01 Å². The number of carbonyl (C=O) groups excluding carboxylic acids is 1. The van der Waals surface area contributed by atoms with Crippen LogP contribution in [0.25, 0.3) is 0 Å². The zero-order valence-electron chi connectivity index (χ0n) is 7.99. The zero-order valence-corrected chi connectivity index (χ0v) is 7.99. The molecule has 2 aliphatic heterocycles. The number of hydrazone groups is 1. The molecule has 4 nitrogen and oxygen atoms in total. The van der Waals surface area contributed by atoms with E-state index < -0.39 is 0 Å². The van der Waals surface area contributed by atoms with Crippen molar-refractivity contribution in [2.45, 2.75) is 26.3 Å². The Morgan fingerprint density at radius 1 is 1.62 bits per heavy atom. The average Bonchev–Trinajstić information content (AvgIpc) is 2.70. The Morgan fingerprint density at radius 3 is 2.85 bits per heavy atom. The molecule has 1 fully saturated rings. The maximum absolute atomic E-state index is 11.7. The molecule has 0 spiro atoms. The molecule has 13 heavy (non-hydrogen) atoms. The van der Waals surface area contributed by atoms with Gasteiger partial charge in [0.05, 0.1) is 18.6 Å². The highest BCUT2D eigenvalue weighted by Gasteiger charge is 2.35. The highest BCUT2D eigenvalue weighted by Crippen LogP contribution is 2.21. The standard InChI is InChI=1S/C9H14N2O2/c1-6-7(2)10-11(9(6)12)8-3-4-13-5-8/h6,8H,3-5H2,1-2H3. The molecule has 2 atom stereocenters. The van der Waals surface area contributed by atoms with Crippen LogP contribution in [0.1, 0.15) is 20.3 Å². The summed E-state index contributed by atoms with van der Waals surface area (Å²) < 4.78 is 5.23.